The molecule has 1 aromatic heterocycles. The standard InChI is InChI=1S/C21H20BrN3O2S/c1-13-3-12-18-25(13)24-19(14-4-10-17(27-2)11-5-14)20(28-18)21(26)23-16-8-6-15(22)7-9-16/h3-12,19-20,24H,1-2H3,(H,23,26). The van der Waals surface area contributed by atoms with E-state index in [9.17, 15) is 4.79 Å². The van der Waals surface area contributed by atoms with E-state index in [-0.39, 0.29) is 17.2 Å². The van der Waals surface area contributed by atoms with Gasteiger partial charge in [0.15, 0.2) is 0 Å². The molecule has 1 aliphatic heterocycles. The van der Waals surface area contributed by atoms with Crippen LogP contribution in [0.5, 0.6) is 5.75 Å². The molecule has 0 bridgehead atoms. The van der Waals surface area contributed by atoms with Crippen molar-refractivity contribution in [2.75, 3.05) is 17.9 Å². The third-order valence-electron chi connectivity index (χ3n) is 4.70. The van der Waals surface area contributed by atoms with Gasteiger partial charge in [0.1, 0.15) is 11.0 Å². The third kappa shape index (κ3) is 3.77. The molecule has 0 saturated heterocycles. The van der Waals surface area contributed by atoms with Gasteiger partial charge in [-0.2, -0.15) is 0 Å². The lowest BCUT2D eigenvalue weighted by molar-refractivity contribution is -0.116. The Labute approximate surface area is 176 Å². The highest BCUT2D eigenvalue weighted by Crippen LogP contribution is 2.39. The number of thioether (sulfide) groups is 1. The van der Waals surface area contributed by atoms with Crippen molar-refractivity contribution in [1.29, 1.82) is 0 Å². The molecule has 0 fully saturated rings. The fraction of sp³-hybridized carbons (Fsp3) is 0.190. The average Bonchev–Trinajstić information content (AvgIpc) is 3.09. The molecular formula is C21H20BrN3O2S. The minimum atomic E-state index is -0.321. The second-order valence-electron chi connectivity index (χ2n) is 6.56. The summed E-state index contributed by atoms with van der Waals surface area (Å²) in [5, 5.41) is 3.75. The molecular weight excluding hydrogens is 438 g/mol. The van der Waals surface area contributed by atoms with Crippen LogP contribution in [-0.4, -0.2) is 22.9 Å². The first kappa shape index (κ1) is 19.0. The highest BCUT2D eigenvalue weighted by Gasteiger charge is 2.36. The maximum atomic E-state index is 13.2. The summed E-state index contributed by atoms with van der Waals surface area (Å²) in [6.07, 6.45) is 0. The van der Waals surface area contributed by atoms with Crippen LogP contribution in [0.25, 0.3) is 0 Å². The lowest BCUT2D eigenvalue weighted by atomic mass is 10.0. The lowest BCUT2D eigenvalue weighted by Gasteiger charge is -2.34. The van der Waals surface area contributed by atoms with Gasteiger partial charge in [0.05, 0.1) is 18.2 Å². The van der Waals surface area contributed by atoms with Gasteiger partial charge in [0.25, 0.3) is 0 Å². The molecule has 144 valence electrons. The van der Waals surface area contributed by atoms with Gasteiger partial charge in [0.2, 0.25) is 5.91 Å². The van der Waals surface area contributed by atoms with Crippen LogP contribution < -0.4 is 15.5 Å². The van der Waals surface area contributed by atoms with Crippen LogP contribution in [-0.2, 0) is 4.79 Å². The minimum Gasteiger partial charge on any atom is -0.497 e. The van der Waals surface area contributed by atoms with Crippen LogP contribution in [0.2, 0.25) is 0 Å². The number of nitrogens with zero attached hydrogens (tertiary/aromatic N) is 1. The van der Waals surface area contributed by atoms with Gasteiger partial charge in [-0.1, -0.05) is 39.8 Å². The second kappa shape index (κ2) is 7.93. The van der Waals surface area contributed by atoms with E-state index in [0.29, 0.717) is 0 Å². The third-order valence-corrected chi connectivity index (χ3v) is 6.53. The number of carbonyl (C=O) groups is 1. The summed E-state index contributed by atoms with van der Waals surface area (Å²) in [5.41, 5.74) is 6.42. The highest BCUT2D eigenvalue weighted by molar-refractivity contribution is 9.10. The fourth-order valence-electron chi connectivity index (χ4n) is 3.19. The average molecular weight is 458 g/mol. The molecule has 1 aliphatic rings. The van der Waals surface area contributed by atoms with Crippen molar-refractivity contribution in [3.8, 4) is 5.75 Å². The predicted molar refractivity (Wildman–Crippen MR) is 117 cm³/mol. The normalized spacial score (nSPS) is 18.1. The Morgan fingerprint density at radius 2 is 1.82 bits per heavy atom. The van der Waals surface area contributed by atoms with Crippen LogP contribution >= 0.6 is 27.7 Å². The number of ether oxygens (including phenoxy) is 1. The van der Waals surface area contributed by atoms with Gasteiger partial charge in [-0.3, -0.25) is 9.47 Å². The van der Waals surface area contributed by atoms with Crippen molar-refractivity contribution in [3.63, 3.8) is 0 Å². The second-order valence-corrected chi connectivity index (χ2v) is 8.64. The van der Waals surface area contributed by atoms with Crippen LogP contribution in [0.15, 0.2) is 70.2 Å². The van der Waals surface area contributed by atoms with Crippen molar-refractivity contribution >= 4 is 39.3 Å². The first-order valence-electron chi connectivity index (χ1n) is 8.87. The summed E-state index contributed by atoms with van der Waals surface area (Å²) in [6.45, 7) is 2.05. The molecule has 28 heavy (non-hydrogen) atoms. The van der Waals surface area contributed by atoms with Gasteiger partial charge >= 0.3 is 0 Å². The van der Waals surface area contributed by atoms with Gasteiger partial charge in [-0.05, 0) is 61.0 Å². The van der Waals surface area contributed by atoms with Gasteiger partial charge in [-0.15, -0.1) is 0 Å². The van der Waals surface area contributed by atoms with E-state index in [1.165, 1.54) is 0 Å². The zero-order valence-electron chi connectivity index (χ0n) is 15.5. The number of rotatable bonds is 4. The fourth-order valence-corrected chi connectivity index (χ4v) is 4.68. The van der Waals surface area contributed by atoms with Crippen molar-refractivity contribution in [1.82, 2.24) is 4.68 Å². The molecule has 5 nitrogen and oxygen atoms in total. The number of aromatic nitrogens is 1. The molecule has 2 unspecified atom stereocenters. The molecule has 4 rings (SSSR count). The van der Waals surface area contributed by atoms with Gasteiger partial charge in [-0.25, -0.2) is 0 Å². The Balaban J connectivity index is 1.64. The van der Waals surface area contributed by atoms with E-state index in [1.807, 2.05) is 66.2 Å². The zero-order chi connectivity index (χ0) is 19.7. The molecule has 3 aromatic rings. The largest absolute Gasteiger partial charge is 0.497 e. The van der Waals surface area contributed by atoms with Crippen LogP contribution in [0.4, 0.5) is 5.69 Å². The Kier molecular flexibility index (Phi) is 5.37. The zero-order valence-corrected chi connectivity index (χ0v) is 17.9. The highest BCUT2D eigenvalue weighted by atomic mass is 79.9. The van der Waals surface area contributed by atoms with E-state index in [2.05, 4.69) is 32.7 Å². The summed E-state index contributed by atoms with van der Waals surface area (Å²) in [7, 11) is 1.65. The predicted octanol–water partition coefficient (Wildman–Crippen LogP) is 4.97. The molecule has 2 aromatic carbocycles. The van der Waals surface area contributed by atoms with Crippen molar-refractivity contribution in [2.24, 2.45) is 0 Å². The van der Waals surface area contributed by atoms with E-state index in [4.69, 9.17) is 4.74 Å². The molecule has 2 N–H and O–H groups in total. The Morgan fingerprint density at radius 1 is 1.11 bits per heavy atom. The first-order valence-corrected chi connectivity index (χ1v) is 10.5. The molecule has 0 aliphatic carbocycles. The lowest BCUT2D eigenvalue weighted by Crippen LogP contribution is -2.41. The summed E-state index contributed by atoms with van der Waals surface area (Å²) < 4.78 is 8.29. The molecule has 2 heterocycles. The number of carbonyl (C=O) groups excluding carboxylic acids is 1. The topological polar surface area (TPSA) is 55.3 Å². The Morgan fingerprint density at radius 3 is 2.50 bits per heavy atom. The maximum Gasteiger partial charge on any atom is 0.240 e. The number of benzene rings is 2. The number of hydrogen-bond acceptors (Lipinski definition) is 4. The monoisotopic (exact) mass is 457 g/mol. The first-order chi connectivity index (χ1) is 13.5. The summed E-state index contributed by atoms with van der Waals surface area (Å²) in [6, 6.07) is 19.4. The van der Waals surface area contributed by atoms with Crippen LogP contribution in [0, 0.1) is 6.92 Å². The van der Waals surface area contributed by atoms with Gasteiger partial charge in [0, 0.05) is 15.9 Å². The van der Waals surface area contributed by atoms with E-state index in [0.717, 1.165) is 32.2 Å². The molecule has 0 radical (unpaired) electrons. The number of hydrogen-bond donors (Lipinski definition) is 2. The molecule has 1 amide bonds. The summed E-state index contributed by atoms with van der Waals surface area (Å²) in [4.78, 5) is 13.2. The molecule has 2 atom stereocenters. The number of nitrogens with one attached hydrogen (secondary N) is 2. The number of halogens is 1. The number of anilines is 1. The molecule has 0 spiro atoms. The number of amides is 1. The molecule has 7 heteroatoms. The summed E-state index contributed by atoms with van der Waals surface area (Å²) in [5.74, 6) is 0.756. The Hall–Kier alpha value is -2.38. The van der Waals surface area contributed by atoms with Gasteiger partial charge < -0.3 is 15.5 Å². The maximum absolute atomic E-state index is 13.2. The van der Waals surface area contributed by atoms with E-state index < -0.39 is 0 Å². The number of fused-ring (bicyclic) bond motifs is 1. The Bertz CT molecular complexity index is 986. The minimum absolute atomic E-state index is 0.0363. The SMILES string of the molecule is COc1ccc(C2Nn3c(C)ccc3SC2C(=O)Nc2ccc(Br)cc2)cc1. The van der Waals surface area contributed by atoms with Crippen molar-refractivity contribution in [3.05, 3.63) is 76.4 Å². The van der Waals surface area contributed by atoms with Crippen molar-refractivity contribution in [2.45, 2.75) is 23.2 Å². The molecule has 0 saturated carbocycles. The van der Waals surface area contributed by atoms with Crippen LogP contribution in [0.1, 0.15) is 17.3 Å². The van der Waals surface area contributed by atoms with E-state index >= 15 is 0 Å². The van der Waals surface area contributed by atoms with Crippen molar-refractivity contribution < 1.29 is 9.53 Å². The quantitative estimate of drug-likeness (QED) is 0.580. The van der Waals surface area contributed by atoms with Crippen LogP contribution in [0.3, 0.4) is 0 Å². The number of aryl methyl sites for hydroxylation is 1. The summed E-state index contributed by atoms with van der Waals surface area (Å²) >= 11 is 4.99. The van der Waals surface area contributed by atoms with E-state index in [1.54, 1.807) is 18.9 Å². The smallest absolute Gasteiger partial charge is 0.240 e. The number of methoxy groups -OCH3 is 1.